The first-order chi connectivity index (χ1) is 8.76. The Balaban J connectivity index is 2.77. The maximum absolute atomic E-state index is 10.9. The summed E-state index contributed by atoms with van der Waals surface area (Å²) >= 11 is 0. The van der Waals surface area contributed by atoms with E-state index in [4.69, 9.17) is 14.6 Å². The van der Waals surface area contributed by atoms with E-state index in [1.165, 1.54) is 0 Å². The third-order valence-electron chi connectivity index (χ3n) is 3.21. The van der Waals surface area contributed by atoms with E-state index in [1.54, 1.807) is 19.2 Å². The van der Waals surface area contributed by atoms with Crippen molar-refractivity contribution in [2.75, 3.05) is 13.7 Å². The molecule has 0 unspecified atom stereocenters. The standard InChI is InChI=1S/C15H22O4/c1-10-8-12(14(16)17)9-11(2)13(10)19-7-6-15(3,4)18-5/h8-9H,6-7H2,1-5H3,(H,16,17). The molecule has 0 atom stereocenters. The van der Waals surface area contributed by atoms with E-state index in [2.05, 4.69) is 0 Å². The van der Waals surface area contributed by atoms with Crippen molar-refractivity contribution in [2.24, 2.45) is 0 Å². The van der Waals surface area contributed by atoms with Gasteiger partial charge in [-0.1, -0.05) is 0 Å². The van der Waals surface area contributed by atoms with Crippen LogP contribution >= 0.6 is 0 Å². The Hall–Kier alpha value is -1.55. The maximum atomic E-state index is 10.9. The zero-order chi connectivity index (χ0) is 14.6. The van der Waals surface area contributed by atoms with E-state index >= 15 is 0 Å². The fourth-order valence-electron chi connectivity index (χ4n) is 1.80. The highest BCUT2D eigenvalue weighted by Gasteiger charge is 2.17. The van der Waals surface area contributed by atoms with Gasteiger partial charge in [-0.05, 0) is 51.0 Å². The zero-order valence-corrected chi connectivity index (χ0v) is 12.2. The molecule has 0 bridgehead atoms. The quantitative estimate of drug-likeness (QED) is 0.859. The molecule has 0 saturated carbocycles. The van der Waals surface area contributed by atoms with Gasteiger partial charge in [0.05, 0.1) is 17.8 Å². The Kier molecular flexibility index (Phi) is 4.95. The van der Waals surface area contributed by atoms with Crippen molar-refractivity contribution in [3.05, 3.63) is 28.8 Å². The minimum atomic E-state index is -0.918. The second-order valence-corrected chi connectivity index (χ2v) is 5.31. The molecule has 106 valence electrons. The lowest BCUT2D eigenvalue weighted by Gasteiger charge is -2.23. The topological polar surface area (TPSA) is 55.8 Å². The van der Waals surface area contributed by atoms with Crippen LogP contribution in [0, 0.1) is 13.8 Å². The Morgan fingerprint density at radius 3 is 2.21 bits per heavy atom. The van der Waals surface area contributed by atoms with Crippen LogP contribution in [-0.4, -0.2) is 30.4 Å². The van der Waals surface area contributed by atoms with Crippen LogP contribution in [0.15, 0.2) is 12.1 Å². The number of ether oxygens (including phenoxy) is 2. The van der Waals surface area contributed by atoms with Crippen molar-refractivity contribution in [1.82, 2.24) is 0 Å². The van der Waals surface area contributed by atoms with E-state index in [0.29, 0.717) is 12.2 Å². The summed E-state index contributed by atoms with van der Waals surface area (Å²) in [5, 5.41) is 8.98. The molecule has 1 aromatic rings. The molecule has 0 saturated heterocycles. The fourth-order valence-corrected chi connectivity index (χ4v) is 1.80. The molecule has 4 nitrogen and oxygen atoms in total. The SMILES string of the molecule is COC(C)(C)CCOc1c(C)cc(C(=O)O)cc1C. The molecular formula is C15H22O4. The summed E-state index contributed by atoms with van der Waals surface area (Å²) in [5.41, 5.74) is 1.75. The molecular weight excluding hydrogens is 244 g/mol. The zero-order valence-electron chi connectivity index (χ0n) is 12.2. The summed E-state index contributed by atoms with van der Waals surface area (Å²) in [6, 6.07) is 3.26. The minimum absolute atomic E-state index is 0.219. The van der Waals surface area contributed by atoms with Gasteiger partial charge in [0.25, 0.3) is 0 Å². The number of aromatic carboxylic acids is 1. The molecule has 1 aromatic carbocycles. The third kappa shape index (κ3) is 4.24. The van der Waals surface area contributed by atoms with Gasteiger partial charge in [0, 0.05) is 13.5 Å². The first-order valence-corrected chi connectivity index (χ1v) is 6.29. The van der Waals surface area contributed by atoms with Crippen molar-refractivity contribution >= 4 is 5.97 Å². The van der Waals surface area contributed by atoms with Crippen LogP contribution < -0.4 is 4.74 Å². The molecule has 4 heteroatoms. The van der Waals surface area contributed by atoms with Crippen LogP contribution in [0.3, 0.4) is 0 Å². The lowest BCUT2D eigenvalue weighted by atomic mass is 10.0. The predicted molar refractivity (Wildman–Crippen MR) is 74.1 cm³/mol. The number of methoxy groups -OCH3 is 1. The number of carbonyl (C=O) groups is 1. The molecule has 0 fully saturated rings. The van der Waals surface area contributed by atoms with Gasteiger partial charge < -0.3 is 14.6 Å². The first kappa shape index (κ1) is 15.5. The monoisotopic (exact) mass is 266 g/mol. The molecule has 19 heavy (non-hydrogen) atoms. The minimum Gasteiger partial charge on any atom is -0.493 e. The van der Waals surface area contributed by atoms with Crippen LogP contribution in [0.2, 0.25) is 0 Å². The van der Waals surface area contributed by atoms with Gasteiger partial charge in [-0.3, -0.25) is 0 Å². The molecule has 1 rings (SSSR count). The highest BCUT2D eigenvalue weighted by atomic mass is 16.5. The van der Waals surface area contributed by atoms with Crippen molar-refractivity contribution in [1.29, 1.82) is 0 Å². The molecule has 0 aliphatic heterocycles. The maximum Gasteiger partial charge on any atom is 0.335 e. The number of hydrogen-bond acceptors (Lipinski definition) is 3. The molecule has 0 heterocycles. The van der Waals surface area contributed by atoms with Crippen molar-refractivity contribution in [3.8, 4) is 5.75 Å². The molecule has 0 aliphatic carbocycles. The Labute approximate surface area is 114 Å². The first-order valence-electron chi connectivity index (χ1n) is 6.29. The lowest BCUT2D eigenvalue weighted by Crippen LogP contribution is -2.25. The van der Waals surface area contributed by atoms with Crippen LogP contribution in [0.4, 0.5) is 0 Å². The van der Waals surface area contributed by atoms with Gasteiger partial charge in [-0.15, -0.1) is 0 Å². The molecule has 0 aliphatic rings. The average molecular weight is 266 g/mol. The summed E-state index contributed by atoms with van der Waals surface area (Å²) in [6.45, 7) is 8.26. The molecule has 0 amide bonds. The van der Waals surface area contributed by atoms with E-state index in [-0.39, 0.29) is 5.60 Å². The van der Waals surface area contributed by atoms with Crippen molar-refractivity contribution in [2.45, 2.75) is 39.7 Å². The Morgan fingerprint density at radius 2 is 1.79 bits per heavy atom. The fraction of sp³-hybridized carbons (Fsp3) is 0.533. The summed E-state index contributed by atoms with van der Waals surface area (Å²) < 4.78 is 11.1. The number of aryl methyl sites for hydroxylation is 2. The van der Waals surface area contributed by atoms with Crippen LogP contribution in [0.25, 0.3) is 0 Å². The van der Waals surface area contributed by atoms with Crippen LogP contribution in [-0.2, 0) is 4.74 Å². The summed E-state index contributed by atoms with van der Waals surface area (Å²) in [4.78, 5) is 10.9. The molecule has 0 aromatic heterocycles. The second kappa shape index (κ2) is 6.06. The van der Waals surface area contributed by atoms with Crippen LogP contribution in [0.5, 0.6) is 5.75 Å². The number of carboxylic acids is 1. The largest absolute Gasteiger partial charge is 0.493 e. The van der Waals surface area contributed by atoms with Gasteiger partial charge >= 0.3 is 5.97 Å². The molecule has 0 radical (unpaired) electrons. The van der Waals surface area contributed by atoms with Crippen LogP contribution in [0.1, 0.15) is 41.8 Å². The number of carboxylic acid groups (broad SMARTS) is 1. The van der Waals surface area contributed by atoms with Gasteiger partial charge in [0.1, 0.15) is 5.75 Å². The van der Waals surface area contributed by atoms with Crippen molar-refractivity contribution in [3.63, 3.8) is 0 Å². The second-order valence-electron chi connectivity index (χ2n) is 5.31. The molecule has 0 spiro atoms. The van der Waals surface area contributed by atoms with Crippen molar-refractivity contribution < 1.29 is 19.4 Å². The average Bonchev–Trinajstić information content (AvgIpc) is 2.32. The van der Waals surface area contributed by atoms with Gasteiger partial charge in [-0.2, -0.15) is 0 Å². The Bertz CT molecular complexity index is 440. The number of rotatable bonds is 6. The molecule has 1 N–H and O–H groups in total. The van der Waals surface area contributed by atoms with Gasteiger partial charge in [-0.25, -0.2) is 4.79 Å². The van der Waals surface area contributed by atoms with Gasteiger partial charge in [0.2, 0.25) is 0 Å². The number of benzene rings is 1. The summed E-state index contributed by atoms with van der Waals surface area (Å²) in [5.74, 6) is -0.157. The van der Waals surface area contributed by atoms with E-state index in [9.17, 15) is 4.79 Å². The summed E-state index contributed by atoms with van der Waals surface area (Å²) in [7, 11) is 1.68. The summed E-state index contributed by atoms with van der Waals surface area (Å²) in [6.07, 6.45) is 0.767. The lowest BCUT2D eigenvalue weighted by molar-refractivity contribution is 0.00534. The highest BCUT2D eigenvalue weighted by molar-refractivity contribution is 5.88. The van der Waals surface area contributed by atoms with E-state index in [1.807, 2.05) is 27.7 Å². The smallest absolute Gasteiger partial charge is 0.335 e. The predicted octanol–water partition coefficient (Wildman–Crippen LogP) is 3.20. The highest BCUT2D eigenvalue weighted by Crippen LogP contribution is 2.25. The number of hydrogen-bond donors (Lipinski definition) is 1. The van der Waals surface area contributed by atoms with Gasteiger partial charge in [0.15, 0.2) is 0 Å². The third-order valence-corrected chi connectivity index (χ3v) is 3.21. The Morgan fingerprint density at radius 1 is 1.26 bits per heavy atom. The normalized spacial score (nSPS) is 11.4. The van der Waals surface area contributed by atoms with E-state index in [0.717, 1.165) is 23.3 Å². The van der Waals surface area contributed by atoms with E-state index < -0.39 is 5.97 Å².